The minimum atomic E-state index is -0.0862. The second-order valence-electron chi connectivity index (χ2n) is 6.06. The lowest BCUT2D eigenvalue weighted by Gasteiger charge is -2.24. The van der Waals surface area contributed by atoms with E-state index in [1.54, 1.807) is 16.8 Å². The van der Waals surface area contributed by atoms with Gasteiger partial charge < -0.3 is 20.4 Å². The number of likely N-dealkylation sites (N-methyl/N-ethyl adjacent to an activating group) is 1. The number of nitrogens with one attached hydrogen (secondary N) is 1. The smallest absolute Gasteiger partial charge is 0.240 e. The number of hydrogen-bond donors (Lipinski definition) is 3. The molecule has 2 rings (SSSR count). The van der Waals surface area contributed by atoms with Gasteiger partial charge in [0, 0.05) is 38.1 Å². The van der Waals surface area contributed by atoms with Gasteiger partial charge in [-0.1, -0.05) is 30.3 Å². The van der Waals surface area contributed by atoms with Gasteiger partial charge in [-0.25, -0.2) is 0 Å². The summed E-state index contributed by atoms with van der Waals surface area (Å²) in [7, 11) is 1.73. The maximum Gasteiger partial charge on any atom is 0.240 e. The van der Waals surface area contributed by atoms with Crippen LogP contribution in [-0.4, -0.2) is 60.9 Å². The molecule has 0 aliphatic rings. The monoisotopic (exact) mass is 357 g/mol. The number of rotatable bonds is 10. The highest BCUT2D eigenvalue weighted by Crippen LogP contribution is 2.18. The molecule has 2 aromatic rings. The molecule has 0 fully saturated rings. The third kappa shape index (κ3) is 6.15. The molecule has 0 aliphatic heterocycles. The van der Waals surface area contributed by atoms with Crippen LogP contribution in [0.5, 0.6) is 0 Å². The first-order valence-electron chi connectivity index (χ1n) is 8.72. The Hall–Kier alpha value is -2.41. The first kappa shape index (κ1) is 19.9. The quantitative estimate of drug-likeness (QED) is 0.601. The van der Waals surface area contributed by atoms with Crippen molar-refractivity contribution in [2.75, 3.05) is 50.1 Å². The summed E-state index contributed by atoms with van der Waals surface area (Å²) in [6.07, 6.45) is 0. The first-order chi connectivity index (χ1) is 12.6. The van der Waals surface area contributed by atoms with Crippen LogP contribution < -0.4 is 10.2 Å². The topological polar surface area (TPSA) is 76.0 Å². The van der Waals surface area contributed by atoms with Crippen LogP contribution in [-0.2, 0) is 11.3 Å². The van der Waals surface area contributed by atoms with Gasteiger partial charge in [0.25, 0.3) is 0 Å². The number of carbonyl (C=O) groups is 1. The summed E-state index contributed by atoms with van der Waals surface area (Å²) in [5, 5.41) is 21.4. The van der Waals surface area contributed by atoms with Crippen molar-refractivity contribution in [3.8, 4) is 0 Å². The number of carbonyl (C=O) groups excluding carboxylic acids is 1. The fraction of sp³-hybridized carbons (Fsp3) is 0.350. The molecule has 0 aliphatic carbocycles. The lowest BCUT2D eigenvalue weighted by atomic mass is 10.2. The summed E-state index contributed by atoms with van der Waals surface area (Å²) in [4.78, 5) is 15.7. The highest BCUT2D eigenvalue weighted by Gasteiger charge is 2.15. The molecular formula is C20H27N3O3. The molecule has 0 spiro atoms. The normalized spacial score (nSPS) is 10.8. The first-order valence-corrected chi connectivity index (χ1v) is 8.72. The van der Waals surface area contributed by atoms with Gasteiger partial charge in [-0.15, -0.1) is 0 Å². The van der Waals surface area contributed by atoms with Gasteiger partial charge in [-0.05, 0) is 29.8 Å². The third-order valence-electron chi connectivity index (χ3n) is 4.16. The van der Waals surface area contributed by atoms with Crippen LogP contribution in [0.4, 0.5) is 11.4 Å². The van der Waals surface area contributed by atoms with Crippen LogP contribution in [0.25, 0.3) is 0 Å². The van der Waals surface area contributed by atoms with Crippen LogP contribution in [0.3, 0.4) is 0 Å². The number of benzene rings is 2. The molecule has 26 heavy (non-hydrogen) atoms. The molecule has 0 saturated carbocycles. The Morgan fingerprint density at radius 2 is 1.58 bits per heavy atom. The molecule has 2 aromatic carbocycles. The van der Waals surface area contributed by atoms with E-state index in [9.17, 15) is 4.79 Å². The van der Waals surface area contributed by atoms with Crippen molar-refractivity contribution in [2.24, 2.45) is 0 Å². The van der Waals surface area contributed by atoms with E-state index in [0.717, 1.165) is 17.9 Å². The summed E-state index contributed by atoms with van der Waals surface area (Å²) in [5.74, 6) is -0.0862. The number of aliphatic hydroxyl groups excluding tert-OH is 2. The highest BCUT2D eigenvalue weighted by molar-refractivity contribution is 5.94. The van der Waals surface area contributed by atoms with Gasteiger partial charge >= 0.3 is 0 Å². The fourth-order valence-corrected chi connectivity index (χ4v) is 2.60. The highest BCUT2D eigenvalue weighted by atomic mass is 16.3. The average Bonchev–Trinajstić information content (AvgIpc) is 2.67. The Kier molecular flexibility index (Phi) is 8.08. The Balaban J connectivity index is 1.90. The molecule has 0 heterocycles. The predicted molar refractivity (Wildman–Crippen MR) is 104 cm³/mol. The summed E-state index contributed by atoms with van der Waals surface area (Å²) in [6.45, 7) is 1.54. The van der Waals surface area contributed by atoms with E-state index in [0.29, 0.717) is 13.1 Å². The van der Waals surface area contributed by atoms with Crippen molar-refractivity contribution >= 4 is 17.3 Å². The van der Waals surface area contributed by atoms with Gasteiger partial charge in [0.1, 0.15) is 0 Å². The van der Waals surface area contributed by atoms with Crippen LogP contribution in [0.15, 0.2) is 54.6 Å². The van der Waals surface area contributed by atoms with Gasteiger partial charge in [0.05, 0.1) is 19.8 Å². The molecule has 6 heteroatoms. The predicted octanol–water partition coefficient (Wildman–Crippen LogP) is 1.55. The summed E-state index contributed by atoms with van der Waals surface area (Å²) in [5.41, 5.74) is 2.99. The van der Waals surface area contributed by atoms with Crippen LogP contribution in [0.2, 0.25) is 0 Å². The molecule has 1 amide bonds. The SMILES string of the molecule is CN(C(=O)CN(CCO)CCO)c1ccc(NCc2ccccc2)cc1. The summed E-state index contributed by atoms with van der Waals surface area (Å²) >= 11 is 0. The molecule has 0 atom stereocenters. The molecule has 0 bridgehead atoms. The van der Waals surface area contributed by atoms with Crippen molar-refractivity contribution in [1.82, 2.24) is 4.90 Å². The van der Waals surface area contributed by atoms with Crippen molar-refractivity contribution in [3.05, 3.63) is 60.2 Å². The van der Waals surface area contributed by atoms with E-state index < -0.39 is 0 Å². The Bertz CT molecular complexity index is 656. The fourth-order valence-electron chi connectivity index (χ4n) is 2.60. The largest absolute Gasteiger partial charge is 0.395 e. The lowest BCUT2D eigenvalue weighted by Crippen LogP contribution is -2.40. The minimum Gasteiger partial charge on any atom is -0.395 e. The van der Waals surface area contributed by atoms with Gasteiger partial charge in [-0.3, -0.25) is 9.69 Å². The van der Waals surface area contributed by atoms with E-state index >= 15 is 0 Å². The van der Waals surface area contributed by atoms with Crippen molar-refractivity contribution in [3.63, 3.8) is 0 Å². The van der Waals surface area contributed by atoms with Crippen LogP contribution >= 0.6 is 0 Å². The summed E-state index contributed by atoms with van der Waals surface area (Å²) < 4.78 is 0. The maximum absolute atomic E-state index is 12.4. The lowest BCUT2D eigenvalue weighted by molar-refractivity contribution is -0.119. The zero-order chi connectivity index (χ0) is 18.8. The van der Waals surface area contributed by atoms with E-state index in [1.807, 2.05) is 42.5 Å². The third-order valence-corrected chi connectivity index (χ3v) is 4.16. The second kappa shape index (κ2) is 10.6. The standard InChI is InChI=1S/C20H27N3O3/c1-22(20(26)16-23(11-13-24)12-14-25)19-9-7-18(8-10-19)21-15-17-5-3-2-4-6-17/h2-10,21,24-25H,11-16H2,1H3. The molecule has 3 N–H and O–H groups in total. The van der Waals surface area contributed by atoms with E-state index in [4.69, 9.17) is 10.2 Å². The number of amides is 1. The number of hydrogen-bond acceptors (Lipinski definition) is 5. The van der Waals surface area contributed by atoms with Crippen molar-refractivity contribution in [2.45, 2.75) is 6.54 Å². The summed E-state index contributed by atoms with van der Waals surface area (Å²) in [6, 6.07) is 17.8. The zero-order valence-corrected chi connectivity index (χ0v) is 15.1. The maximum atomic E-state index is 12.4. The van der Waals surface area contributed by atoms with Gasteiger partial charge in [-0.2, -0.15) is 0 Å². The molecule has 6 nitrogen and oxygen atoms in total. The second-order valence-corrected chi connectivity index (χ2v) is 6.06. The minimum absolute atomic E-state index is 0.0429. The van der Waals surface area contributed by atoms with Crippen LogP contribution in [0, 0.1) is 0 Å². The van der Waals surface area contributed by atoms with Crippen molar-refractivity contribution < 1.29 is 15.0 Å². The molecule has 0 unspecified atom stereocenters. The molecule has 0 radical (unpaired) electrons. The molecular weight excluding hydrogens is 330 g/mol. The van der Waals surface area contributed by atoms with E-state index in [-0.39, 0.29) is 25.7 Å². The Labute approximate surface area is 154 Å². The van der Waals surface area contributed by atoms with Crippen molar-refractivity contribution in [1.29, 1.82) is 0 Å². The molecule has 0 aromatic heterocycles. The van der Waals surface area contributed by atoms with E-state index in [2.05, 4.69) is 17.4 Å². The van der Waals surface area contributed by atoms with E-state index in [1.165, 1.54) is 5.56 Å². The Morgan fingerprint density at radius 3 is 2.15 bits per heavy atom. The van der Waals surface area contributed by atoms with Gasteiger partial charge in [0.15, 0.2) is 0 Å². The molecule has 0 saturated heterocycles. The number of anilines is 2. The zero-order valence-electron chi connectivity index (χ0n) is 15.1. The Morgan fingerprint density at radius 1 is 0.962 bits per heavy atom. The van der Waals surface area contributed by atoms with Crippen LogP contribution in [0.1, 0.15) is 5.56 Å². The average molecular weight is 357 g/mol. The van der Waals surface area contributed by atoms with Gasteiger partial charge in [0.2, 0.25) is 5.91 Å². The molecule has 140 valence electrons. The number of aliphatic hydroxyl groups is 2. The number of nitrogens with zero attached hydrogens (tertiary/aromatic N) is 2.